The molecule has 0 N–H and O–H groups in total. The SMILES string of the molecule is CC(C)(C)C1=CCC([Si](C)(C)C)=C1.CC(C)(C)C1=CCC([Si](C)(C)C)=C1.Cl.Cl. The van der Waals surface area contributed by atoms with Gasteiger partial charge in [-0.25, -0.2) is 0 Å². The van der Waals surface area contributed by atoms with E-state index in [0.717, 1.165) is 0 Å². The van der Waals surface area contributed by atoms with Crippen LogP contribution in [0.2, 0.25) is 39.3 Å². The fraction of sp³-hybridized carbons (Fsp3) is 0.667. The van der Waals surface area contributed by atoms with E-state index in [-0.39, 0.29) is 24.8 Å². The largest absolute Gasteiger partial charge is 0.147 e. The van der Waals surface area contributed by atoms with Gasteiger partial charge < -0.3 is 0 Å². The summed E-state index contributed by atoms with van der Waals surface area (Å²) in [7, 11) is -2.07. The van der Waals surface area contributed by atoms with Crippen LogP contribution in [0.25, 0.3) is 0 Å². The Kier molecular flexibility index (Phi) is 11.1. The molecular formula is C24H46Cl2Si2. The van der Waals surface area contributed by atoms with Gasteiger partial charge in [-0.1, -0.05) is 116 Å². The van der Waals surface area contributed by atoms with Gasteiger partial charge in [-0.15, -0.1) is 24.8 Å². The maximum atomic E-state index is 2.45. The zero-order chi connectivity index (χ0) is 20.6. The summed E-state index contributed by atoms with van der Waals surface area (Å²) in [5.41, 5.74) is 3.73. The molecule has 2 rings (SSSR count). The minimum Gasteiger partial charge on any atom is -0.147 e. The Bertz CT molecular complexity index is 580. The lowest BCUT2D eigenvalue weighted by atomic mass is 9.87. The van der Waals surface area contributed by atoms with Gasteiger partial charge in [-0.2, -0.15) is 0 Å². The summed E-state index contributed by atoms with van der Waals surface area (Å²) in [4.78, 5) is 0. The minimum atomic E-state index is -1.04. The molecule has 0 aromatic rings. The van der Waals surface area contributed by atoms with E-state index in [4.69, 9.17) is 0 Å². The first kappa shape index (κ1) is 30.2. The van der Waals surface area contributed by atoms with Crippen LogP contribution in [0.3, 0.4) is 0 Å². The van der Waals surface area contributed by atoms with Gasteiger partial charge in [0.2, 0.25) is 0 Å². The Balaban J connectivity index is 0. The molecule has 2 aliphatic rings. The molecule has 28 heavy (non-hydrogen) atoms. The smallest absolute Gasteiger partial charge is 0.0728 e. The molecule has 2 aliphatic carbocycles. The van der Waals surface area contributed by atoms with E-state index in [1.54, 1.807) is 10.4 Å². The van der Waals surface area contributed by atoms with Crippen molar-refractivity contribution in [2.45, 2.75) is 93.7 Å². The summed E-state index contributed by atoms with van der Waals surface area (Å²) in [6.45, 7) is 28.3. The van der Waals surface area contributed by atoms with Gasteiger partial charge >= 0.3 is 0 Å². The number of halogens is 2. The van der Waals surface area contributed by atoms with Crippen LogP contribution in [0.15, 0.2) is 45.8 Å². The molecule has 0 amide bonds. The standard InChI is InChI=1S/2C12H22Si.2ClH/c2*1-12(2,3)10-7-8-11(9-10)13(4,5)6;;/h2*7,9H,8H2,1-6H3;2*1H. The van der Waals surface area contributed by atoms with Gasteiger partial charge in [-0.05, 0) is 34.8 Å². The monoisotopic (exact) mass is 460 g/mol. The number of hydrogen-bond acceptors (Lipinski definition) is 0. The van der Waals surface area contributed by atoms with Crippen LogP contribution in [0.5, 0.6) is 0 Å². The molecule has 4 heteroatoms. The molecule has 0 fully saturated rings. The van der Waals surface area contributed by atoms with Crippen molar-refractivity contribution < 1.29 is 0 Å². The molecule has 0 aromatic carbocycles. The van der Waals surface area contributed by atoms with E-state index in [0.29, 0.717) is 10.8 Å². The highest BCUT2D eigenvalue weighted by Gasteiger charge is 2.26. The van der Waals surface area contributed by atoms with Crippen LogP contribution < -0.4 is 0 Å². The first-order valence-electron chi connectivity index (χ1n) is 10.3. The molecule has 0 radical (unpaired) electrons. The van der Waals surface area contributed by atoms with Crippen molar-refractivity contribution in [3.63, 3.8) is 0 Å². The number of rotatable bonds is 2. The van der Waals surface area contributed by atoms with Crippen molar-refractivity contribution in [2.75, 3.05) is 0 Å². The highest BCUT2D eigenvalue weighted by Crippen LogP contribution is 2.36. The summed E-state index contributed by atoms with van der Waals surface area (Å²) >= 11 is 0. The molecule has 0 nitrogen and oxygen atoms in total. The number of hydrogen-bond donors (Lipinski definition) is 0. The predicted octanol–water partition coefficient (Wildman–Crippen LogP) is 9.18. The lowest BCUT2D eigenvalue weighted by Crippen LogP contribution is -2.22. The Morgan fingerprint density at radius 2 is 0.821 bits per heavy atom. The van der Waals surface area contributed by atoms with Gasteiger partial charge in [0.15, 0.2) is 0 Å². The predicted molar refractivity (Wildman–Crippen MR) is 142 cm³/mol. The van der Waals surface area contributed by atoms with Crippen LogP contribution in [0.1, 0.15) is 54.4 Å². The van der Waals surface area contributed by atoms with E-state index in [9.17, 15) is 0 Å². The molecule has 0 aromatic heterocycles. The fourth-order valence-electron chi connectivity index (χ4n) is 3.14. The van der Waals surface area contributed by atoms with E-state index >= 15 is 0 Å². The topological polar surface area (TPSA) is 0 Å². The van der Waals surface area contributed by atoms with Gasteiger partial charge in [0.05, 0.1) is 16.1 Å². The summed E-state index contributed by atoms with van der Waals surface area (Å²) in [6, 6.07) is 0. The summed E-state index contributed by atoms with van der Waals surface area (Å²) in [5.74, 6) is 0. The average molecular weight is 462 g/mol. The third-order valence-electron chi connectivity index (χ3n) is 5.40. The highest BCUT2D eigenvalue weighted by molar-refractivity contribution is 6.83. The van der Waals surface area contributed by atoms with Gasteiger partial charge in [0.25, 0.3) is 0 Å². The molecule has 0 aliphatic heterocycles. The molecule has 0 atom stereocenters. The van der Waals surface area contributed by atoms with Crippen LogP contribution in [-0.2, 0) is 0 Å². The molecule has 0 saturated carbocycles. The van der Waals surface area contributed by atoms with Crippen molar-refractivity contribution in [3.8, 4) is 0 Å². The van der Waals surface area contributed by atoms with E-state index in [1.165, 1.54) is 24.0 Å². The zero-order valence-corrected chi connectivity index (χ0v) is 24.2. The Hall–Kier alpha value is -0.0262. The second kappa shape index (κ2) is 10.3. The molecule has 0 spiro atoms. The molecule has 0 saturated heterocycles. The quantitative estimate of drug-likeness (QED) is 0.360. The van der Waals surface area contributed by atoms with E-state index in [2.05, 4.69) is 105 Å². The Morgan fingerprint density at radius 3 is 0.929 bits per heavy atom. The second-order valence-corrected chi connectivity index (χ2v) is 22.4. The van der Waals surface area contributed by atoms with Crippen LogP contribution >= 0.6 is 24.8 Å². The van der Waals surface area contributed by atoms with Crippen LogP contribution in [0.4, 0.5) is 0 Å². The fourth-order valence-corrected chi connectivity index (χ4v) is 5.75. The van der Waals surface area contributed by atoms with Crippen molar-refractivity contribution in [1.29, 1.82) is 0 Å². The third kappa shape index (κ3) is 9.19. The van der Waals surface area contributed by atoms with Gasteiger partial charge in [-0.3, -0.25) is 0 Å². The summed E-state index contributed by atoms with van der Waals surface area (Å²) in [6.07, 6.45) is 12.1. The van der Waals surface area contributed by atoms with Crippen molar-refractivity contribution >= 4 is 41.0 Å². The number of allylic oxidation sites excluding steroid dienone is 8. The maximum absolute atomic E-state index is 2.45. The van der Waals surface area contributed by atoms with E-state index < -0.39 is 16.1 Å². The normalized spacial score (nSPS) is 17.3. The molecule has 164 valence electrons. The first-order chi connectivity index (χ1) is 11.4. The van der Waals surface area contributed by atoms with E-state index in [1.807, 2.05) is 0 Å². The first-order valence-corrected chi connectivity index (χ1v) is 17.3. The molecule has 0 unspecified atom stereocenters. The Morgan fingerprint density at radius 1 is 0.571 bits per heavy atom. The molecule has 0 bridgehead atoms. The van der Waals surface area contributed by atoms with Crippen molar-refractivity contribution in [3.05, 3.63) is 45.8 Å². The second-order valence-electron chi connectivity index (χ2n) is 12.1. The average Bonchev–Trinajstić information content (AvgIpc) is 3.06. The van der Waals surface area contributed by atoms with Crippen LogP contribution in [0, 0.1) is 10.8 Å². The highest BCUT2D eigenvalue weighted by atomic mass is 35.5. The maximum Gasteiger partial charge on any atom is 0.0728 e. The van der Waals surface area contributed by atoms with Crippen molar-refractivity contribution in [1.82, 2.24) is 0 Å². The molecule has 0 heterocycles. The van der Waals surface area contributed by atoms with Crippen LogP contribution in [-0.4, -0.2) is 16.1 Å². The van der Waals surface area contributed by atoms with Crippen molar-refractivity contribution in [2.24, 2.45) is 10.8 Å². The lowest BCUT2D eigenvalue weighted by molar-refractivity contribution is 0.517. The molecular weight excluding hydrogens is 415 g/mol. The Labute approximate surface area is 190 Å². The summed E-state index contributed by atoms with van der Waals surface area (Å²) < 4.78 is 0. The van der Waals surface area contributed by atoms with Gasteiger partial charge in [0, 0.05) is 0 Å². The third-order valence-corrected chi connectivity index (χ3v) is 9.95. The zero-order valence-electron chi connectivity index (χ0n) is 20.5. The summed E-state index contributed by atoms with van der Waals surface area (Å²) in [5, 5.41) is 3.41. The minimum absolute atomic E-state index is 0. The lowest BCUT2D eigenvalue weighted by Gasteiger charge is -2.20. The van der Waals surface area contributed by atoms with Gasteiger partial charge in [0.1, 0.15) is 0 Å².